The molecule has 0 radical (unpaired) electrons. The smallest absolute Gasteiger partial charge is 0.223 e. The van der Waals surface area contributed by atoms with Gasteiger partial charge in [-0.3, -0.25) is 4.79 Å². The predicted molar refractivity (Wildman–Crippen MR) is 59.5 cm³/mol. The van der Waals surface area contributed by atoms with E-state index in [2.05, 4.69) is 5.32 Å². The first-order chi connectivity index (χ1) is 7.13. The number of furan rings is 1. The zero-order valence-electron chi connectivity index (χ0n) is 9.62. The van der Waals surface area contributed by atoms with E-state index in [0.717, 1.165) is 18.6 Å². The van der Waals surface area contributed by atoms with Gasteiger partial charge in [-0.2, -0.15) is 0 Å². The van der Waals surface area contributed by atoms with E-state index in [-0.39, 0.29) is 17.9 Å². The second-order valence-corrected chi connectivity index (χ2v) is 4.00. The van der Waals surface area contributed by atoms with Crippen LogP contribution in [0.3, 0.4) is 0 Å². The Morgan fingerprint density at radius 1 is 1.53 bits per heavy atom. The molecule has 0 spiro atoms. The van der Waals surface area contributed by atoms with Gasteiger partial charge in [0.25, 0.3) is 0 Å². The van der Waals surface area contributed by atoms with Crippen molar-refractivity contribution in [1.82, 2.24) is 5.32 Å². The third kappa shape index (κ3) is 3.78. The molecule has 3 nitrogen and oxygen atoms in total. The van der Waals surface area contributed by atoms with Crippen LogP contribution in [0.1, 0.15) is 33.0 Å². The van der Waals surface area contributed by atoms with Gasteiger partial charge in [-0.15, -0.1) is 0 Å². The van der Waals surface area contributed by atoms with E-state index < -0.39 is 0 Å². The van der Waals surface area contributed by atoms with Crippen molar-refractivity contribution in [2.45, 2.75) is 39.7 Å². The number of nitrogens with one attached hydrogen (secondary N) is 1. The number of carbonyl (C=O) groups is 1. The second-order valence-electron chi connectivity index (χ2n) is 4.00. The highest BCUT2D eigenvalue weighted by molar-refractivity contribution is 5.78. The molecular formula is C12H19NO2. The Kier molecular flexibility index (Phi) is 4.40. The maximum absolute atomic E-state index is 11.6. The summed E-state index contributed by atoms with van der Waals surface area (Å²) in [6.45, 7) is 5.94. The van der Waals surface area contributed by atoms with Crippen LogP contribution >= 0.6 is 0 Å². The maximum atomic E-state index is 11.6. The lowest BCUT2D eigenvalue weighted by Crippen LogP contribution is -2.37. The lowest BCUT2D eigenvalue weighted by atomic mass is 10.1. The van der Waals surface area contributed by atoms with Crippen molar-refractivity contribution < 1.29 is 9.21 Å². The minimum absolute atomic E-state index is 0.0871. The Bertz CT molecular complexity index is 293. The summed E-state index contributed by atoms with van der Waals surface area (Å²) in [5.74, 6) is 1.12. The molecule has 0 saturated carbocycles. The van der Waals surface area contributed by atoms with Crippen LogP contribution in [0.5, 0.6) is 0 Å². The number of hydrogen-bond acceptors (Lipinski definition) is 2. The molecule has 0 saturated heterocycles. The zero-order chi connectivity index (χ0) is 11.3. The summed E-state index contributed by atoms with van der Waals surface area (Å²) in [5, 5.41) is 2.97. The third-order valence-corrected chi connectivity index (χ3v) is 2.54. The minimum Gasteiger partial charge on any atom is -0.469 e. The highest BCUT2D eigenvalue weighted by Crippen LogP contribution is 2.05. The van der Waals surface area contributed by atoms with E-state index in [1.54, 1.807) is 6.26 Å². The highest BCUT2D eigenvalue weighted by atomic mass is 16.3. The van der Waals surface area contributed by atoms with Gasteiger partial charge in [0.2, 0.25) is 5.91 Å². The van der Waals surface area contributed by atoms with E-state index in [9.17, 15) is 4.79 Å². The van der Waals surface area contributed by atoms with Crippen LogP contribution in [-0.2, 0) is 11.2 Å². The third-order valence-electron chi connectivity index (χ3n) is 2.54. The van der Waals surface area contributed by atoms with Crippen molar-refractivity contribution in [3.63, 3.8) is 0 Å². The summed E-state index contributed by atoms with van der Waals surface area (Å²) in [5.41, 5.74) is 0. The normalized spacial score (nSPS) is 14.6. The van der Waals surface area contributed by atoms with Gasteiger partial charge in [0.15, 0.2) is 0 Å². The second kappa shape index (κ2) is 5.59. The molecule has 0 unspecified atom stereocenters. The molecule has 15 heavy (non-hydrogen) atoms. The van der Waals surface area contributed by atoms with E-state index in [1.807, 2.05) is 32.9 Å². The largest absolute Gasteiger partial charge is 0.469 e. The quantitative estimate of drug-likeness (QED) is 0.809. The summed E-state index contributed by atoms with van der Waals surface area (Å²) in [7, 11) is 0. The van der Waals surface area contributed by atoms with Crippen molar-refractivity contribution >= 4 is 5.91 Å². The molecule has 0 aliphatic rings. The molecule has 0 aliphatic carbocycles. The van der Waals surface area contributed by atoms with E-state index >= 15 is 0 Å². The molecule has 1 aromatic heterocycles. The maximum Gasteiger partial charge on any atom is 0.223 e. The minimum atomic E-state index is 0.0871. The molecule has 1 N–H and O–H groups in total. The lowest BCUT2D eigenvalue weighted by Gasteiger charge is -2.15. The Morgan fingerprint density at radius 3 is 2.80 bits per heavy atom. The van der Waals surface area contributed by atoms with Gasteiger partial charge < -0.3 is 9.73 Å². The summed E-state index contributed by atoms with van der Waals surface area (Å²) >= 11 is 0. The van der Waals surface area contributed by atoms with Gasteiger partial charge in [-0.05, 0) is 25.5 Å². The van der Waals surface area contributed by atoms with Crippen molar-refractivity contribution in [1.29, 1.82) is 0 Å². The molecular weight excluding hydrogens is 190 g/mol. The van der Waals surface area contributed by atoms with Crippen LogP contribution in [-0.4, -0.2) is 11.9 Å². The van der Waals surface area contributed by atoms with Gasteiger partial charge in [-0.25, -0.2) is 0 Å². The fraction of sp³-hybridized carbons (Fsp3) is 0.583. The topological polar surface area (TPSA) is 42.2 Å². The summed E-state index contributed by atoms with van der Waals surface area (Å²) < 4.78 is 5.22. The van der Waals surface area contributed by atoms with Crippen molar-refractivity contribution in [2.75, 3.05) is 0 Å². The zero-order valence-corrected chi connectivity index (χ0v) is 9.62. The SMILES string of the molecule is CC[C@@H](C)C(=O)N[C@@H](C)Cc1ccco1. The average Bonchev–Trinajstić information content (AvgIpc) is 2.68. The molecule has 1 heterocycles. The van der Waals surface area contributed by atoms with Crippen molar-refractivity contribution in [3.05, 3.63) is 24.2 Å². The Morgan fingerprint density at radius 2 is 2.27 bits per heavy atom. The van der Waals surface area contributed by atoms with Gasteiger partial charge in [0, 0.05) is 18.4 Å². The van der Waals surface area contributed by atoms with Crippen LogP contribution in [0.25, 0.3) is 0 Å². The summed E-state index contributed by atoms with van der Waals surface area (Å²) in [6.07, 6.45) is 3.27. The van der Waals surface area contributed by atoms with E-state index in [0.29, 0.717) is 0 Å². The Labute approximate surface area is 90.9 Å². The molecule has 2 atom stereocenters. The molecule has 0 aromatic carbocycles. The molecule has 1 rings (SSSR count). The van der Waals surface area contributed by atoms with Crippen LogP contribution < -0.4 is 5.32 Å². The highest BCUT2D eigenvalue weighted by Gasteiger charge is 2.14. The number of carbonyl (C=O) groups excluding carboxylic acids is 1. The molecule has 0 fully saturated rings. The molecule has 84 valence electrons. The first-order valence-corrected chi connectivity index (χ1v) is 5.46. The molecule has 1 amide bonds. The fourth-order valence-electron chi connectivity index (χ4n) is 1.35. The molecule has 0 aliphatic heterocycles. The van der Waals surface area contributed by atoms with Crippen LogP contribution in [0.4, 0.5) is 0 Å². The first-order valence-electron chi connectivity index (χ1n) is 5.46. The van der Waals surface area contributed by atoms with Crippen molar-refractivity contribution in [3.8, 4) is 0 Å². The number of rotatable bonds is 5. The van der Waals surface area contributed by atoms with Gasteiger partial charge in [0.05, 0.1) is 6.26 Å². The van der Waals surface area contributed by atoms with Gasteiger partial charge >= 0.3 is 0 Å². The van der Waals surface area contributed by atoms with Gasteiger partial charge in [0.1, 0.15) is 5.76 Å². The summed E-state index contributed by atoms with van der Waals surface area (Å²) in [6, 6.07) is 3.91. The molecule has 0 bridgehead atoms. The average molecular weight is 209 g/mol. The van der Waals surface area contributed by atoms with Gasteiger partial charge in [-0.1, -0.05) is 13.8 Å². The lowest BCUT2D eigenvalue weighted by molar-refractivity contribution is -0.125. The first kappa shape index (κ1) is 11.8. The van der Waals surface area contributed by atoms with Crippen LogP contribution in [0.2, 0.25) is 0 Å². The Hall–Kier alpha value is -1.25. The summed E-state index contributed by atoms with van der Waals surface area (Å²) in [4.78, 5) is 11.6. The van der Waals surface area contributed by atoms with Crippen LogP contribution in [0.15, 0.2) is 22.8 Å². The standard InChI is InChI=1S/C12H19NO2/c1-4-9(2)12(14)13-10(3)8-11-6-5-7-15-11/h5-7,9-10H,4,8H2,1-3H3,(H,13,14)/t9-,10+/m1/s1. The molecule has 1 aromatic rings. The predicted octanol–water partition coefficient (Wildman–Crippen LogP) is 2.37. The fourth-order valence-corrected chi connectivity index (χ4v) is 1.35. The molecule has 3 heteroatoms. The monoisotopic (exact) mass is 209 g/mol. The van der Waals surface area contributed by atoms with E-state index in [1.165, 1.54) is 0 Å². The van der Waals surface area contributed by atoms with E-state index in [4.69, 9.17) is 4.42 Å². The van der Waals surface area contributed by atoms with Crippen molar-refractivity contribution in [2.24, 2.45) is 5.92 Å². The van der Waals surface area contributed by atoms with Crippen LogP contribution in [0, 0.1) is 5.92 Å². The number of hydrogen-bond donors (Lipinski definition) is 1. The Balaban J connectivity index is 2.36. The number of amides is 1.